The van der Waals surface area contributed by atoms with Crippen molar-refractivity contribution in [3.63, 3.8) is 0 Å². The Bertz CT molecular complexity index is 573. The molecule has 4 nitrogen and oxygen atoms in total. The molecule has 0 aliphatic carbocycles. The van der Waals surface area contributed by atoms with Gasteiger partial charge in [-0.1, -0.05) is 11.6 Å². The van der Waals surface area contributed by atoms with Gasteiger partial charge in [0.15, 0.2) is 5.78 Å². The van der Waals surface area contributed by atoms with E-state index in [1.807, 2.05) is 4.90 Å². The van der Waals surface area contributed by atoms with E-state index in [1.165, 1.54) is 19.4 Å². The Morgan fingerprint density at radius 1 is 1.04 bits per heavy atom. The minimum absolute atomic E-state index is 0.00679. The highest BCUT2D eigenvalue weighted by atomic mass is 35.5. The fourth-order valence-electron chi connectivity index (χ4n) is 3.59. The van der Waals surface area contributed by atoms with Gasteiger partial charge >= 0.3 is 0 Å². The molecule has 124 valence electrons. The van der Waals surface area contributed by atoms with E-state index in [0.717, 1.165) is 26.1 Å². The number of halogens is 1. The average Bonchev–Trinajstić information content (AvgIpc) is 2.89. The van der Waals surface area contributed by atoms with Crippen molar-refractivity contribution in [1.29, 1.82) is 0 Å². The lowest BCUT2D eigenvalue weighted by Crippen LogP contribution is -2.39. The van der Waals surface area contributed by atoms with E-state index in [0.29, 0.717) is 23.0 Å². The van der Waals surface area contributed by atoms with Gasteiger partial charge in [-0.25, -0.2) is 0 Å². The van der Waals surface area contributed by atoms with Gasteiger partial charge in [0.2, 0.25) is 5.91 Å². The molecule has 0 saturated carbocycles. The summed E-state index contributed by atoms with van der Waals surface area (Å²) in [7, 11) is 0. The topological polar surface area (TPSA) is 40.6 Å². The zero-order valence-electron chi connectivity index (χ0n) is 13.3. The molecule has 1 aromatic carbocycles. The van der Waals surface area contributed by atoms with E-state index < -0.39 is 0 Å². The number of hydrogen-bond donors (Lipinski definition) is 0. The van der Waals surface area contributed by atoms with Crippen LogP contribution in [-0.2, 0) is 4.79 Å². The first-order valence-corrected chi connectivity index (χ1v) is 8.82. The molecule has 0 aromatic heterocycles. The zero-order chi connectivity index (χ0) is 16.2. The summed E-state index contributed by atoms with van der Waals surface area (Å²) >= 11 is 5.83. The van der Waals surface area contributed by atoms with Crippen LogP contribution in [0.4, 0.5) is 0 Å². The van der Waals surface area contributed by atoms with Crippen LogP contribution < -0.4 is 0 Å². The Hall–Kier alpha value is -1.39. The van der Waals surface area contributed by atoms with E-state index in [4.69, 9.17) is 11.6 Å². The highest BCUT2D eigenvalue weighted by Crippen LogP contribution is 2.22. The molecule has 3 rings (SSSR count). The summed E-state index contributed by atoms with van der Waals surface area (Å²) < 4.78 is 0. The number of ketones is 1. The molecule has 2 aliphatic rings. The lowest BCUT2D eigenvalue weighted by atomic mass is 10.1. The van der Waals surface area contributed by atoms with E-state index in [9.17, 15) is 9.59 Å². The van der Waals surface area contributed by atoms with Crippen molar-refractivity contribution in [3.8, 4) is 0 Å². The zero-order valence-corrected chi connectivity index (χ0v) is 14.1. The molecule has 0 bridgehead atoms. The van der Waals surface area contributed by atoms with E-state index >= 15 is 0 Å². The van der Waals surface area contributed by atoms with Crippen molar-refractivity contribution < 1.29 is 9.59 Å². The van der Waals surface area contributed by atoms with Gasteiger partial charge in [-0.3, -0.25) is 14.5 Å². The maximum Gasteiger partial charge on any atom is 0.223 e. The number of carbonyl (C=O) groups is 2. The monoisotopic (exact) mass is 334 g/mol. The van der Waals surface area contributed by atoms with Crippen molar-refractivity contribution in [2.45, 2.75) is 38.1 Å². The predicted molar refractivity (Wildman–Crippen MR) is 90.8 cm³/mol. The summed E-state index contributed by atoms with van der Waals surface area (Å²) in [4.78, 5) is 29.1. The third kappa shape index (κ3) is 4.12. The van der Waals surface area contributed by atoms with Crippen molar-refractivity contribution in [2.24, 2.45) is 0 Å². The van der Waals surface area contributed by atoms with Crippen molar-refractivity contribution in [3.05, 3.63) is 34.9 Å². The SMILES string of the molecule is O=C(CCC(=O)N1CCCN2CCCC2C1)c1ccc(Cl)cc1. The third-order valence-corrected chi connectivity index (χ3v) is 5.14. The number of amides is 1. The van der Waals surface area contributed by atoms with Crippen molar-refractivity contribution >= 4 is 23.3 Å². The second-order valence-electron chi connectivity index (χ2n) is 6.46. The fourth-order valence-corrected chi connectivity index (χ4v) is 3.72. The van der Waals surface area contributed by atoms with Gasteiger partial charge in [-0.05, 0) is 50.1 Å². The predicted octanol–water partition coefficient (Wildman–Crippen LogP) is 3.00. The number of benzene rings is 1. The molecule has 0 radical (unpaired) electrons. The molecule has 1 atom stereocenters. The first-order chi connectivity index (χ1) is 11.1. The molecule has 1 aromatic rings. The average molecular weight is 335 g/mol. The Balaban J connectivity index is 1.52. The normalized spacial score (nSPS) is 21.8. The summed E-state index contributed by atoms with van der Waals surface area (Å²) in [6.07, 6.45) is 4.03. The van der Waals surface area contributed by atoms with Crippen LogP contribution in [0.25, 0.3) is 0 Å². The summed E-state index contributed by atoms with van der Waals surface area (Å²) in [6, 6.07) is 7.38. The smallest absolute Gasteiger partial charge is 0.223 e. The lowest BCUT2D eigenvalue weighted by molar-refractivity contribution is -0.131. The van der Waals surface area contributed by atoms with Crippen LogP contribution in [0.3, 0.4) is 0 Å². The second-order valence-corrected chi connectivity index (χ2v) is 6.89. The van der Waals surface area contributed by atoms with Crippen LogP contribution in [0.1, 0.15) is 42.5 Å². The minimum atomic E-state index is 0.00679. The Labute approximate surface area is 142 Å². The van der Waals surface area contributed by atoms with Gasteiger partial charge in [-0.2, -0.15) is 0 Å². The molecule has 1 unspecified atom stereocenters. The number of hydrogen-bond acceptors (Lipinski definition) is 3. The molecule has 2 saturated heterocycles. The van der Waals surface area contributed by atoms with Crippen LogP contribution in [0.5, 0.6) is 0 Å². The van der Waals surface area contributed by atoms with Crippen molar-refractivity contribution in [1.82, 2.24) is 9.80 Å². The highest BCUT2D eigenvalue weighted by Gasteiger charge is 2.30. The maximum absolute atomic E-state index is 12.5. The third-order valence-electron chi connectivity index (χ3n) is 4.89. The van der Waals surface area contributed by atoms with Gasteiger partial charge in [0.25, 0.3) is 0 Å². The van der Waals surface area contributed by atoms with Gasteiger partial charge < -0.3 is 4.90 Å². The molecular formula is C18H23ClN2O2. The van der Waals surface area contributed by atoms with Gasteiger partial charge in [-0.15, -0.1) is 0 Å². The number of nitrogens with zero attached hydrogens (tertiary/aromatic N) is 2. The van der Waals surface area contributed by atoms with Gasteiger partial charge in [0.05, 0.1) is 0 Å². The Morgan fingerprint density at radius 3 is 2.57 bits per heavy atom. The molecule has 5 heteroatoms. The number of fused-ring (bicyclic) bond motifs is 1. The maximum atomic E-state index is 12.5. The summed E-state index contributed by atoms with van der Waals surface area (Å²) in [5.74, 6) is 0.119. The summed E-state index contributed by atoms with van der Waals surface area (Å²) in [5.41, 5.74) is 0.625. The van der Waals surface area contributed by atoms with Crippen LogP contribution in [0.2, 0.25) is 5.02 Å². The van der Waals surface area contributed by atoms with Crippen LogP contribution in [-0.4, -0.2) is 53.7 Å². The quantitative estimate of drug-likeness (QED) is 0.795. The minimum Gasteiger partial charge on any atom is -0.341 e. The van der Waals surface area contributed by atoms with Gasteiger partial charge in [0, 0.05) is 49.1 Å². The molecule has 0 N–H and O–H groups in total. The Morgan fingerprint density at radius 2 is 1.78 bits per heavy atom. The van der Waals surface area contributed by atoms with Crippen LogP contribution in [0, 0.1) is 0 Å². The molecule has 2 aliphatic heterocycles. The first-order valence-electron chi connectivity index (χ1n) is 8.44. The molecule has 23 heavy (non-hydrogen) atoms. The molecule has 0 spiro atoms. The fraction of sp³-hybridized carbons (Fsp3) is 0.556. The van der Waals surface area contributed by atoms with E-state index in [2.05, 4.69) is 4.90 Å². The standard InChI is InChI=1S/C18H23ClN2O2/c19-15-6-4-14(5-7-15)17(22)8-9-18(23)21-12-2-11-20-10-1-3-16(20)13-21/h4-7,16H,1-3,8-13H2. The van der Waals surface area contributed by atoms with Crippen molar-refractivity contribution in [2.75, 3.05) is 26.2 Å². The first kappa shape index (κ1) is 16.5. The van der Waals surface area contributed by atoms with Crippen LogP contribution in [0.15, 0.2) is 24.3 Å². The van der Waals surface area contributed by atoms with Crippen LogP contribution >= 0.6 is 11.6 Å². The Kier molecular flexibility index (Phi) is 5.34. The summed E-state index contributed by atoms with van der Waals surface area (Å²) in [5, 5.41) is 0.614. The molecule has 2 heterocycles. The number of rotatable bonds is 4. The number of Topliss-reactive ketones (excluding diaryl/α,β-unsaturated/α-hetero) is 1. The summed E-state index contributed by atoms with van der Waals surface area (Å²) in [6.45, 7) is 3.91. The highest BCUT2D eigenvalue weighted by molar-refractivity contribution is 6.30. The largest absolute Gasteiger partial charge is 0.341 e. The number of carbonyl (C=O) groups excluding carboxylic acids is 2. The van der Waals surface area contributed by atoms with E-state index in [-0.39, 0.29) is 18.1 Å². The molecule has 2 fully saturated rings. The lowest BCUT2D eigenvalue weighted by Gasteiger charge is -2.25. The van der Waals surface area contributed by atoms with Gasteiger partial charge in [0.1, 0.15) is 0 Å². The molecular weight excluding hydrogens is 312 g/mol. The van der Waals surface area contributed by atoms with E-state index in [1.54, 1.807) is 24.3 Å². The molecule has 1 amide bonds. The second kappa shape index (κ2) is 7.45.